The molecule has 2 nitrogen and oxygen atoms in total. The average Bonchev–Trinajstić information content (AvgIpc) is 2.53. The Morgan fingerprint density at radius 2 is 2.00 bits per heavy atom. The van der Waals surface area contributed by atoms with Gasteiger partial charge in [0.15, 0.2) is 0 Å². The molecule has 0 bridgehead atoms. The second kappa shape index (κ2) is 3.66. The topological polar surface area (TPSA) is 32.3 Å². The zero-order valence-electron chi connectivity index (χ0n) is 7.20. The van der Waals surface area contributed by atoms with Gasteiger partial charge >= 0.3 is 0 Å². The molecule has 1 aromatic rings. The molecule has 1 aliphatic heterocycles. The van der Waals surface area contributed by atoms with Gasteiger partial charge in [-0.25, -0.2) is 0 Å². The maximum Gasteiger partial charge on any atom is 0.0682 e. The molecule has 2 unspecified atom stereocenters. The second-order valence-electron chi connectivity index (χ2n) is 3.40. The molecule has 2 rings (SSSR count). The lowest BCUT2D eigenvalue weighted by atomic mass is 10.1. The van der Waals surface area contributed by atoms with Gasteiger partial charge in [-0.15, -0.1) is 0 Å². The highest BCUT2D eigenvalue weighted by atomic mass is 35.5. The number of hydrogen-bond donors (Lipinski definition) is 2. The van der Waals surface area contributed by atoms with Gasteiger partial charge in [0.25, 0.3) is 0 Å². The molecule has 1 saturated heterocycles. The monoisotopic (exact) mass is 197 g/mol. The summed E-state index contributed by atoms with van der Waals surface area (Å²) in [6.45, 7) is 0.688. The molecule has 0 radical (unpaired) electrons. The Balaban J connectivity index is 2.13. The van der Waals surface area contributed by atoms with Crippen molar-refractivity contribution < 1.29 is 5.11 Å². The van der Waals surface area contributed by atoms with Crippen LogP contribution in [0.25, 0.3) is 0 Å². The first-order valence-corrected chi connectivity index (χ1v) is 4.80. The van der Waals surface area contributed by atoms with Crippen molar-refractivity contribution >= 4 is 11.6 Å². The van der Waals surface area contributed by atoms with Crippen molar-refractivity contribution in [2.75, 3.05) is 6.54 Å². The predicted octanol–water partition coefficient (Wildman–Crippen LogP) is 1.74. The van der Waals surface area contributed by atoms with Crippen LogP contribution in [0, 0.1) is 0 Å². The van der Waals surface area contributed by atoms with Crippen LogP contribution in [0.1, 0.15) is 18.0 Å². The van der Waals surface area contributed by atoms with Crippen LogP contribution in [-0.4, -0.2) is 17.8 Å². The van der Waals surface area contributed by atoms with E-state index in [0.29, 0.717) is 6.54 Å². The van der Waals surface area contributed by atoms with Crippen LogP contribution < -0.4 is 5.32 Å². The lowest BCUT2D eigenvalue weighted by molar-refractivity contribution is 0.193. The van der Waals surface area contributed by atoms with Crippen molar-refractivity contribution in [1.82, 2.24) is 5.32 Å². The lowest BCUT2D eigenvalue weighted by Gasteiger charge is -2.09. The summed E-state index contributed by atoms with van der Waals surface area (Å²) >= 11 is 5.78. The van der Waals surface area contributed by atoms with E-state index >= 15 is 0 Å². The minimum Gasteiger partial charge on any atom is -0.392 e. The molecule has 1 aliphatic rings. The van der Waals surface area contributed by atoms with E-state index in [0.717, 1.165) is 11.4 Å². The standard InChI is InChI=1S/C10H12ClNO/c11-8-3-1-7(2-4-8)10-5-9(13)6-12-10/h1-4,9-10,12-13H,5-6H2. The summed E-state index contributed by atoms with van der Waals surface area (Å²) < 4.78 is 0. The van der Waals surface area contributed by atoms with E-state index in [1.54, 1.807) is 0 Å². The predicted molar refractivity (Wildman–Crippen MR) is 52.8 cm³/mol. The number of halogens is 1. The highest BCUT2D eigenvalue weighted by Gasteiger charge is 2.22. The van der Waals surface area contributed by atoms with Crippen LogP contribution in [0.15, 0.2) is 24.3 Å². The fraction of sp³-hybridized carbons (Fsp3) is 0.400. The molecule has 1 heterocycles. The summed E-state index contributed by atoms with van der Waals surface area (Å²) in [5.74, 6) is 0. The first-order valence-electron chi connectivity index (χ1n) is 4.42. The van der Waals surface area contributed by atoms with Gasteiger partial charge in [0.1, 0.15) is 0 Å². The van der Waals surface area contributed by atoms with E-state index in [1.807, 2.05) is 24.3 Å². The molecule has 1 fully saturated rings. The normalized spacial score (nSPS) is 27.8. The molecule has 1 aromatic carbocycles. The van der Waals surface area contributed by atoms with Gasteiger partial charge in [0.2, 0.25) is 0 Å². The number of benzene rings is 1. The first kappa shape index (κ1) is 9.00. The van der Waals surface area contributed by atoms with E-state index in [4.69, 9.17) is 11.6 Å². The molecule has 0 aliphatic carbocycles. The molecule has 0 saturated carbocycles. The van der Waals surface area contributed by atoms with Crippen LogP contribution in [0.2, 0.25) is 5.02 Å². The largest absolute Gasteiger partial charge is 0.392 e. The van der Waals surface area contributed by atoms with Crippen molar-refractivity contribution in [3.05, 3.63) is 34.9 Å². The molecule has 13 heavy (non-hydrogen) atoms. The molecular formula is C10H12ClNO. The molecule has 0 aromatic heterocycles. The third-order valence-corrected chi connectivity index (χ3v) is 2.63. The quantitative estimate of drug-likeness (QED) is 0.719. The van der Waals surface area contributed by atoms with E-state index in [-0.39, 0.29) is 12.1 Å². The zero-order chi connectivity index (χ0) is 9.26. The van der Waals surface area contributed by atoms with Crippen LogP contribution in [0.3, 0.4) is 0 Å². The van der Waals surface area contributed by atoms with Gasteiger partial charge in [0, 0.05) is 17.6 Å². The van der Waals surface area contributed by atoms with Gasteiger partial charge in [-0.05, 0) is 24.1 Å². The summed E-state index contributed by atoms with van der Waals surface area (Å²) in [5.41, 5.74) is 1.20. The highest BCUT2D eigenvalue weighted by molar-refractivity contribution is 6.30. The van der Waals surface area contributed by atoms with Crippen molar-refractivity contribution in [1.29, 1.82) is 0 Å². The third-order valence-electron chi connectivity index (χ3n) is 2.38. The van der Waals surface area contributed by atoms with Gasteiger partial charge in [-0.3, -0.25) is 0 Å². The van der Waals surface area contributed by atoms with Gasteiger partial charge in [-0.1, -0.05) is 23.7 Å². The number of nitrogens with one attached hydrogen (secondary N) is 1. The van der Waals surface area contributed by atoms with E-state index in [2.05, 4.69) is 5.32 Å². The third kappa shape index (κ3) is 2.02. The maximum absolute atomic E-state index is 9.33. The molecule has 0 amide bonds. The Labute approximate surface area is 82.5 Å². The number of β-amino-alcohol motifs (C(OH)–C–C–N with tert-alkyl or cyclic N) is 1. The van der Waals surface area contributed by atoms with Crippen molar-refractivity contribution in [3.8, 4) is 0 Å². The summed E-state index contributed by atoms with van der Waals surface area (Å²) in [7, 11) is 0. The summed E-state index contributed by atoms with van der Waals surface area (Å²) in [4.78, 5) is 0. The van der Waals surface area contributed by atoms with Gasteiger partial charge in [-0.2, -0.15) is 0 Å². The average molecular weight is 198 g/mol. The van der Waals surface area contributed by atoms with Gasteiger partial charge < -0.3 is 10.4 Å². The Hall–Kier alpha value is -0.570. The number of hydrogen-bond acceptors (Lipinski definition) is 2. The Morgan fingerprint density at radius 3 is 2.54 bits per heavy atom. The summed E-state index contributed by atoms with van der Waals surface area (Å²) in [6.07, 6.45) is 0.586. The summed E-state index contributed by atoms with van der Waals surface area (Å²) in [6, 6.07) is 8.04. The van der Waals surface area contributed by atoms with E-state index < -0.39 is 0 Å². The molecule has 70 valence electrons. The zero-order valence-corrected chi connectivity index (χ0v) is 7.96. The van der Waals surface area contributed by atoms with Crippen molar-refractivity contribution in [2.24, 2.45) is 0 Å². The smallest absolute Gasteiger partial charge is 0.0682 e. The van der Waals surface area contributed by atoms with Crippen LogP contribution in [0.5, 0.6) is 0 Å². The molecule has 2 N–H and O–H groups in total. The highest BCUT2D eigenvalue weighted by Crippen LogP contribution is 2.24. The molecule has 3 heteroatoms. The second-order valence-corrected chi connectivity index (χ2v) is 3.84. The van der Waals surface area contributed by atoms with Crippen LogP contribution >= 0.6 is 11.6 Å². The molecule has 0 spiro atoms. The van der Waals surface area contributed by atoms with E-state index in [9.17, 15) is 5.11 Å². The van der Waals surface area contributed by atoms with Crippen LogP contribution in [-0.2, 0) is 0 Å². The number of aliphatic hydroxyl groups excluding tert-OH is 1. The maximum atomic E-state index is 9.33. The fourth-order valence-corrected chi connectivity index (χ4v) is 1.79. The molecular weight excluding hydrogens is 186 g/mol. The Morgan fingerprint density at radius 1 is 1.31 bits per heavy atom. The summed E-state index contributed by atoms with van der Waals surface area (Å²) in [5, 5.41) is 13.3. The van der Waals surface area contributed by atoms with Crippen LogP contribution in [0.4, 0.5) is 0 Å². The Bertz CT molecular complexity index is 285. The van der Waals surface area contributed by atoms with Gasteiger partial charge in [0.05, 0.1) is 6.10 Å². The first-order chi connectivity index (χ1) is 6.25. The molecule has 2 atom stereocenters. The van der Waals surface area contributed by atoms with Crippen molar-refractivity contribution in [2.45, 2.75) is 18.6 Å². The van der Waals surface area contributed by atoms with Crippen molar-refractivity contribution in [3.63, 3.8) is 0 Å². The minimum absolute atomic E-state index is 0.208. The van der Waals surface area contributed by atoms with E-state index in [1.165, 1.54) is 5.56 Å². The number of rotatable bonds is 1. The Kier molecular flexibility index (Phi) is 2.54. The number of aliphatic hydroxyl groups is 1. The lowest BCUT2D eigenvalue weighted by Crippen LogP contribution is -2.14. The minimum atomic E-state index is -0.208. The SMILES string of the molecule is OC1CNC(c2ccc(Cl)cc2)C1. The fourth-order valence-electron chi connectivity index (χ4n) is 1.67.